The lowest BCUT2D eigenvalue weighted by atomic mass is 9.92. The maximum atomic E-state index is 13.5. The molecule has 0 spiro atoms. The third-order valence-electron chi connectivity index (χ3n) is 3.50. The Hall–Kier alpha value is -0.930. The highest BCUT2D eigenvalue weighted by atomic mass is 35.5. The van der Waals surface area contributed by atoms with Crippen molar-refractivity contribution in [3.63, 3.8) is 0 Å². The SMILES string of the molecule is CCCC(CCN)CCC(=O)Cc1cc(Cl)ccc1F. The molecule has 1 unspecified atom stereocenters. The van der Waals surface area contributed by atoms with Gasteiger partial charge in [0.25, 0.3) is 0 Å². The molecule has 2 nitrogen and oxygen atoms in total. The Labute approximate surface area is 125 Å². The van der Waals surface area contributed by atoms with Crippen molar-refractivity contribution in [2.45, 2.75) is 45.4 Å². The van der Waals surface area contributed by atoms with Crippen LogP contribution in [0.15, 0.2) is 18.2 Å². The minimum absolute atomic E-state index is 0.0595. The number of carbonyl (C=O) groups excluding carboxylic acids is 1. The van der Waals surface area contributed by atoms with Gasteiger partial charge >= 0.3 is 0 Å². The summed E-state index contributed by atoms with van der Waals surface area (Å²) in [5.41, 5.74) is 5.96. The number of halogens is 2. The van der Waals surface area contributed by atoms with E-state index in [1.807, 2.05) is 0 Å². The van der Waals surface area contributed by atoms with Crippen molar-refractivity contribution in [1.29, 1.82) is 0 Å². The molecule has 0 aliphatic rings. The Balaban J connectivity index is 2.48. The molecule has 0 aromatic heterocycles. The van der Waals surface area contributed by atoms with E-state index in [0.29, 0.717) is 29.5 Å². The normalized spacial score (nSPS) is 12.4. The molecule has 2 N–H and O–H groups in total. The molecule has 4 heteroatoms. The number of hydrogen-bond acceptors (Lipinski definition) is 2. The Morgan fingerprint density at radius 1 is 1.35 bits per heavy atom. The second kappa shape index (κ2) is 9.09. The number of benzene rings is 1. The Morgan fingerprint density at radius 2 is 2.10 bits per heavy atom. The summed E-state index contributed by atoms with van der Waals surface area (Å²) in [6, 6.07) is 4.32. The third kappa shape index (κ3) is 6.02. The van der Waals surface area contributed by atoms with Gasteiger partial charge in [0.1, 0.15) is 11.6 Å². The van der Waals surface area contributed by atoms with Crippen molar-refractivity contribution in [1.82, 2.24) is 0 Å². The summed E-state index contributed by atoms with van der Waals surface area (Å²) in [6.07, 6.45) is 4.58. The maximum absolute atomic E-state index is 13.5. The van der Waals surface area contributed by atoms with Crippen molar-refractivity contribution in [3.05, 3.63) is 34.6 Å². The van der Waals surface area contributed by atoms with Crippen LogP contribution in [0.3, 0.4) is 0 Å². The molecule has 0 aliphatic carbocycles. The van der Waals surface area contributed by atoms with E-state index in [0.717, 1.165) is 25.7 Å². The quantitative estimate of drug-likeness (QED) is 0.745. The second-order valence-electron chi connectivity index (χ2n) is 5.22. The minimum atomic E-state index is -0.366. The summed E-state index contributed by atoms with van der Waals surface area (Å²) >= 11 is 5.82. The standard InChI is InChI=1S/C16H23ClFNO/c1-2-3-12(8-9-19)4-6-15(20)11-13-10-14(17)5-7-16(13)18/h5,7,10,12H,2-4,6,8-9,11,19H2,1H3. The fourth-order valence-corrected chi connectivity index (χ4v) is 2.62. The van der Waals surface area contributed by atoms with E-state index >= 15 is 0 Å². The molecule has 0 aliphatic heterocycles. The number of hydrogen-bond donors (Lipinski definition) is 1. The molecule has 0 radical (unpaired) electrons. The number of ketones is 1. The molecule has 0 heterocycles. The summed E-state index contributed by atoms with van der Waals surface area (Å²) in [6.45, 7) is 2.79. The molecule has 0 saturated carbocycles. The van der Waals surface area contributed by atoms with Gasteiger partial charge in [0.05, 0.1) is 0 Å². The van der Waals surface area contributed by atoms with Crippen LogP contribution >= 0.6 is 11.6 Å². The van der Waals surface area contributed by atoms with Crippen LogP contribution in [0.1, 0.15) is 44.6 Å². The summed E-state index contributed by atoms with van der Waals surface area (Å²) in [5, 5.41) is 0.459. The van der Waals surface area contributed by atoms with E-state index < -0.39 is 0 Å². The van der Waals surface area contributed by atoms with Crippen molar-refractivity contribution in [2.75, 3.05) is 6.54 Å². The van der Waals surface area contributed by atoms with Gasteiger partial charge in [-0.2, -0.15) is 0 Å². The summed E-state index contributed by atoms with van der Waals surface area (Å²) in [4.78, 5) is 11.9. The molecular weight excluding hydrogens is 277 g/mol. The van der Waals surface area contributed by atoms with Crippen LogP contribution in [0.4, 0.5) is 4.39 Å². The van der Waals surface area contributed by atoms with Crippen molar-refractivity contribution in [2.24, 2.45) is 11.7 Å². The van der Waals surface area contributed by atoms with Gasteiger partial charge < -0.3 is 5.73 Å². The molecule has 1 atom stereocenters. The van der Waals surface area contributed by atoms with Gasteiger partial charge in [-0.1, -0.05) is 31.4 Å². The van der Waals surface area contributed by atoms with Crippen molar-refractivity contribution < 1.29 is 9.18 Å². The largest absolute Gasteiger partial charge is 0.330 e. The van der Waals surface area contributed by atoms with Gasteiger partial charge in [-0.15, -0.1) is 0 Å². The van der Waals surface area contributed by atoms with E-state index in [4.69, 9.17) is 17.3 Å². The number of nitrogens with two attached hydrogens (primary N) is 1. The Bertz CT molecular complexity index is 430. The van der Waals surface area contributed by atoms with Crippen LogP contribution in [0.25, 0.3) is 0 Å². The molecular formula is C16H23ClFNO. The summed E-state index contributed by atoms with van der Waals surface area (Å²) in [7, 11) is 0. The van der Waals surface area contributed by atoms with E-state index in [2.05, 4.69) is 6.92 Å². The maximum Gasteiger partial charge on any atom is 0.137 e. The molecule has 1 rings (SSSR count). The van der Waals surface area contributed by atoms with Crippen LogP contribution in [0, 0.1) is 11.7 Å². The molecule has 1 aromatic carbocycles. The highest BCUT2D eigenvalue weighted by Gasteiger charge is 2.12. The zero-order chi connectivity index (χ0) is 15.0. The fourth-order valence-electron chi connectivity index (χ4n) is 2.42. The zero-order valence-electron chi connectivity index (χ0n) is 12.0. The highest BCUT2D eigenvalue weighted by molar-refractivity contribution is 6.30. The summed E-state index contributed by atoms with van der Waals surface area (Å²) in [5.74, 6) is 0.192. The Morgan fingerprint density at radius 3 is 2.75 bits per heavy atom. The fraction of sp³-hybridized carbons (Fsp3) is 0.562. The topological polar surface area (TPSA) is 43.1 Å². The van der Waals surface area contributed by atoms with Gasteiger partial charge in [-0.3, -0.25) is 4.79 Å². The molecule has 0 bridgehead atoms. The lowest BCUT2D eigenvalue weighted by Crippen LogP contribution is -2.12. The molecule has 0 saturated heterocycles. The van der Waals surface area contributed by atoms with E-state index in [1.165, 1.54) is 18.2 Å². The molecule has 20 heavy (non-hydrogen) atoms. The highest BCUT2D eigenvalue weighted by Crippen LogP contribution is 2.19. The first-order chi connectivity index (χ1) is 9.56. The van der Waals surface area contributed by atoms with Crippen LogP contribution < -0.4 is 5.73 Å². The minimum Gasteiger partial charge on any atom is -0.330 e. The Kier molecular flexibility index (Phi) is 7.78. The monoisotopic (exact) mass is 299 g/mol. The molecule has 112 valence electrons. The smallest absolute Gasteiger partial charge is 0.137 e. The van der Waals surface area contributed by atoms with Gasteiger partial charge in [-0.25, -0.2) is 4.39 Å². The second-order valence-corrected chi connectivity index (χ2v) is 5.66. The molecule has 0 fully saturated rings. The lowest BCUT2D eigenvalue weighted by Gasteiger charge is -2.14. The number of rotatable bonds is 9. The van der Waals surface area contributed by atoms with Gasteiger partial charge in [0.15, 0.2) is 0 Å². The van der Waals surface area contributed by atoms with Crippen LogP contribution in [0.5, 0.6) is 0 Å². The predicted octanol–water partition coefficient (Wildman–Crippen LogP) is 4.14. The van der Waals surface area contributed by atoms with Crippen molar-refractivity contribution in [3.8, 4) is 0 Å². The van der Waals surface area contributed by atoms with Crippen LogP contribution in [0.2, 0.25) is 5.02 Å². The average molecular weight is 300 g/mol. The van der Waals surface area contributed by atoms with Crippen molar-refractivity contribution >= 4 is 17.4 Å². The molecule has 1 aromatic rings. The zero-order valence-corrected chi connectivity index (χ0v) is 12.8. The lowest BCUT2D eigenvalue weighted by molar-refractivity contribution is -0.118. The van der Waals surface area contributed by atoms with E-state index in [9.17, 15) is 9.18 Å². The van der Waals surface area contributed by atoms with Crippen LogP contribution in [-0.2, 0) is 11.2 Å². The average Bonchev–Trinajstić information content (AvgIpc) is 2.41. The summed E-state index contributed by atoms with van der Waals surface area (Å²) < 4.78 is 13.5. The van der Waals surface area contributed by atoms with Crippen LogP contribution in [-0.4, -0.2) is 12.3 Å². The van der Waals surface area contributed by atoms with Gasteiger partial charge in [-0.05, 0) is 49.1 Å². The first-order valence-electron chi connectivity index (χ1n) is 7.22. The number of carbonyl (C=O) groups is 1. The van der Waals surface area contributed by atoms with E-state index in [1.54, 1.807) is 0 Å². The predicted molar refractivity (Wildman–Crippen MR) is 81.4 cm³/mol. The van der Waals surface area contributed by atoms with E-state index in [-0.39, 0.29) is 18.0 Å². The number of Topliss-reactive ketones (excluding diaryl/α,β-unsaturated/α-hetero) is 1. The first-order valence-corrected chi connectivity index (χ1v) is 7.60. The van der Waals surface area contributed by atoms with Gasteiger partial charge in [0.2, 0.25) is 0 Å². The molecule has 0 amide bonds. The third-order valence-corrected chi connectivity index (χ3v) is 3.73. The first kappa shape index (κ1) is 17.1. The van der Waals surface area contributed by atoms with Gasteiger partial charge in [0, 0.05) is 17.9 Å².